The molecule has 0 heterocycles. The molecular weight excluding hydrogens is 316 g/mol. The van der Waals surface area contributed by atoms with Crippen molar-refractivity contribution in [1.82, 2.24) is 0 Å². The number of rotatable bonds is 6. The van der Waals surface area contributed by atoms with Crippen LogP contribution in [0.15, 0.2) is 34.6 Å². The van der Waals surface area contributed by atoms with Crippen molar-refractivity contribution < 1.29 is 20.1 Å². The van der Waals surface area contributed by atoms with Crippen LogP contribution < -0.4 is 0 Å². The van der Waals surface area contributed by atoms with E-state index in [1.165, 1.54) is 11.1 Å². The first-order chi connectivity index (χ1) is 11.6. The molecule has 0 unspecified atom stereocenters. The molecule has 3 N–H and O–H groups in total. The molecule has 0 saturated heterocycles. The number of ketones is 1. The van der Waals surface area contributed by atoms with Gasteiger partial charge in [0, 0.05) is 17.9 Å². The Morgan fingerprint density at radius 1 is 1.44 bits per heavy atom. The molecule has 0 saturated carbocycles. The maximum atomic E-state index is 12.2. The Bertz CT molecular complexity index is 605. The smallest absolute Gasteiger partial charge is 0.162 e. The molecule has 0 aromatic heterocycles. The number of aliphatic hydroxyl groups is 3. The van der Waals surface area contributed by atoms with Crippen molar-refractivity contribution in [3.8, 4) is 0 Å². The van der Waals surface area contributed by atoms with E-state index < -0.39 is 11.7 Å². The van der Waals surface area contributed by atoms with E-state index in [0.29, 0.717) is 24.3 Å². The summed E-state index contributed by atoms with van der Waals surface area (Å²) in [4.78, 5) is 12.2. The molecule has 0 radical (unpaired) electrons. The van der Waals surface area contributed by atoms with E-state index in [1.807, 2.05) is 0 Å². The van der Waals surface area contributed by atoms with Gasteiger partial charge in [-0.1, -0.05) is 30.2 Å². The number of hydrogen-bond acceptors (Lipinski definition) is 4. The summed E-state index contributed by atoms with van der Waals surface area (Å²) in [5, 5.41) is 30.8. The van der Waals surface area contributed by atoms with Crippen LogP contribution in [0.25, 0.3) is 0 Å². The Balaban J connectivity index is 2.18. The maximum Gasteiger partial charge on any atom is 0.162 e. The van der Waals surface area contributed by atoms with E-state index in [2.05, 4.69) is 32.9 Å². The molecule has 4 heteroatoms. The van der Waals surface area contributed by atoms with Crippen molar-refractivity contribution in [3.63, 3.8) is 0 Å². The second kappa shape index (κ2) is 7.88. The first kappa shape index (κ1) is 19.9. The van der Waals surface area contributed by atoms with Gasteiger partial charge in [0.1, 0.15) is 11.9 Å². The van der Waals surface area contributed by atoms with Crippen LogP contribution in [0.1, 0.15) is 66.2 Å². The van der Waals surface area contributed by atoms with Crippen molar-refractivity contribution in [2.45, 2.75) is 77.9 Å². The van der Waals surface area contributed by atoms with Crippen molar-refractivity contribution in [2.75, 3.05) is 0 Å². The number of allylic oxidation sites excluding steroid dienone is 3. The second-order valence-corrected chi connectivity index (χ2v) is 8.12. The molecule has 0 amide bonds. The molecule has 0 fully saturated rings. The molecule has 0 spiro atoms. The molecule has 4 nitrogen and oxygen atoms in total. The van der Waals surface area contributed by atoms with Gasteiger partial charge in [-0.3, -0.25) is 4.79 Å². The molecule has 0 bridgehead atoms. The number of aliphatic hydroxyl groups excluding tert-OH is 2. The molecular formula is C21H32O4. The summed E-state index contributed by atoms with van der Waals surface area (Å²) in [5.74, 6) is -0.195. The Labute approximate surface area is 151 Å². The highest BCUT2D eigenvalue weighted by Gasteiger charge is 2.42. The van der Waals surface area contributed by atoms with E-state index in [4.69, 9.17) is 0 Å². The van der Waals surface area contributed by atoms with Crippen LogP contribution in [-0.2, 0) is 4.79 Å². The van der Waals surface area contributed by atoms with Crippen molar-refractivity contribution in [1.29, 1.82) is 0 Å². The van der Waals surface area contributed by atoms with Crippen LogP contribution in [0.3, 0.4) is 0 Å². The topological polar surface area (TPSA) is 77.8 Å². The number of carbonyl (C=O) groups is 1. The van der Waals surface area contributed by atoms with Crippen LogP contribution in [-0.4, -0.2) is 32.8 Å². The molecule has 140 valence electrons. The zero-order chi connectivity index (χ0) is 18.8. The lowest BCUT2D eigenvalue weighted by molar-refractivity contribution is -0.117. The summed E-state index contributed by atoms with van der Waals surface area (Å²) in [6.45, 7) is 8.13. The van der Waals surface area contributed by atoms with Gasteiger partial charge in [0.25, 0.3) is 0 Å². The van der Waals surface area contributed by atoms with E-state index in [9.17, 15) is 20.1 Å². The summed E-state index contributed by atoms with van der Waals surface area (Å²) in [5.41, 5.74) is 1.84. The number of Topliss-reactive ketones (excluding diaryl/α,β-unsaturated/α-hetero) is 1. The summed E-state index contributed by atoms with van der Waals surface area (Å²) < 4.78 is 0. The third-order valence-corrected chi connectivity index (χ3v) is 5.64. The summed E-state index contributed by atoms with van der Waals surface area (Å²) in [7, 11) is 0. The van der Waals surface area contributed by atoms with Crippen LogP contribution >= 0.6 is 0 Å². The predicted octanol–water partition coefficient (Wildman–Crippen LogP) is 3.99. The number of hydrogen-bond donors (Lipinski definition) is 3. The number of carbonyl (C=O) groups excluding carboxylic acids is 1. The molecule has 0 aromatic rings. The molecule has 25 heavy (non-hydrogen) atoms. The second-order valence-electron chi connectivity index (χ2n) is 8.12. The monoisotopic (exact) mass is 348 g/mol. The molecule has 0 aromatic carbocycles. The lowest BCUT2D eigenvalue weighted by atomic mass is 9.76. The Morgan fingerprint density at radius 2 is 2.12 bits per heavy atom. The fourth-order valence-corrected chi connectivity index (χ4v) is 3.96. The minimum absolute atomic E-state index is 0.109. The fourth-order valence-electron chi connectivity index (χ4n) is 3.96. The fraction of sp³-hybridized carbons (Fsp3) is 0.667. The van der Waals surface area contributed by atoms with Crippen molar-refractivity contribution >= 4 is 5.78 Å². The van der Waals surface area contributed by atoms with Gasteiger partial charge in [0.2, 0.25) is 0 Å². The Kier molecular flexibility index (Phi) is 6.28. The molecule has 4 atom stereocenters. The third kappa shape index (κ3) is 4.62. The van der Waals surface area contributed by atoms with Crippen LogP contribution in [0.2, 0.25) is 0 Å². The maximum absolute atomic E-state index is 12.2. The van der Waals surface area contributed by atoms with Gasteiger partial charge >= 0.3 is 0 Å². The highest BCUT2D eigenvalue weighted by molar-refractivity contribution is 5.96. The van der Waals surface area contributed by atoms with Gasteiger partial charge < -0.3 is 15.3 Å². The largest absolute Gasteiger partial charge is 0.509 e. The normalized spacial score (nSPS) is 31.1. The summed E-state index contributed by atoms with van der Waals surface area (Å²) in [6, 6.07) is 0. The van der Waals surface area contributed by atoms with Gasteiger partial charge in [-0.15, -0.1) is 0 Å². The lowest BCUT2D eigenvalue weighted by Gasteiger charge is -2.32. The minimum Gasteiger partial charge on any atom is -0.509 e. The molecule has 0 aliphatic heterocycles. The summed E-state index contributed by atoms with van der Waals surface area (Å²) in [6.07, 6.45) is 6.72. The van der Waals surface area contributed by atoms with Gasteiger partial charge in [-0.25, -0.2) is 0 Å². The molecule has 2 aliphatic rings. The molecule has 2 aliphatic carbocycles. The SMILES string of the molecule is CC(C)=CCC[C@H](C)C1=CC[C@@](C)(O)[C@@H]1CC1=C(O)[C@H](O)CCC1=O. The Hall–Kier alpha value is -1.39. The van der Waals surface area contributed by atoms with Crippen molar-refractivity contribution in [3.05, 3.63) is 34.6 Å². The molecule has 2 rings (SSSR count). The van der Waals surface area contributed by atoms with Gasteiger partial charge in [-0.2, -0.15) is 0 Å². The summed E-state index contributed by atoms with van der Waals surface area (Å²) >= 11 is 0. The van der Waals surface area contributed by atoms with E-state index in [0.717, 1.165) is 12.8 Å². The van der Waals surface area contributed by atoms with E-state index in [1.54, 1.807) is 6.92 Å². The predicted molar refractivity (Wildman–Crippen MR) is 99.2 cm³/mol. The first-order valence-electron chi connectivity index (χ1n) is 9.32. The van der Waals surface area contributed by atoms with Gasteiger partial charge in [0.15, 0.2) is 5.78 Å². The highest BCUT2D eigenvalue weighted by atomic mass is 16.3. The van der Waals surface area contributed by atoms with Gasteiger partial charge in [-0.05, 0) is 58.8 Å². The van der Waals surface area contributed by atoms with Crippen molar-refractivity contribution in [2.24, 2.45) is 11.8 Å². The van der Waals surface area contributed by atoms with E-state index >= 15 is 0 Å². The zero-order valence-electron chi connectivity index (χ0n) is 15.9. The van der Waals surface area contributed by atoms with E-state index in [-0.39, 0.29) is 30.3 Å². The van der Waals surface area contributed by atoms with Crippen LogP contribution in [0.4, 0.5) is 0 Å². The average Bonchev–Trinajstić information content (AvgIpc) is 2.82. The van der Waals surface area contributed by atoms with Crippen LogP contribution in [0.5, 0.6) is 0 Å². The minimum atomic E-state index is -0.957. The Morgan fingerprint density at radius 3 is 2.76 bits per heavy atom. The standard InChI is InChI=1S/C21H32O4/c1-13(2)6-5-7-14(3)15-10-11-21(4,25)17(15)12-16-18(22)8-9-19(23)20(16)24/h6,10,14,17,19,23-25H,5,7-9,11-12H2,1-4H3/t14-,17+,19+,21+/m0/s1. The zero-order valence-corrected chi connectivity index (χ0v) is 15.9. The first-order valence-corrected chi connectivity index (χ1v) is 9.32. The lowest BCUT2D eigenvalue weighted by Crippen LogP contribution is -2.35. The van der Waals surface area contributed by atoms with Gasteiger partial charge in [0.05, 0.1) is 5.60 Å². The van der Waals surface area contributed by atoms with Crippen LogP contribution in [0, 0.1) is 11.8 Å². The third-order valence-electron chi connectivity index (χ3n) is 5.64. The highest BCUT2D eigenvalue weighted by Crippen LogP contribution is 2.44. The quantitative estimate of drug-likeness (QED) is 0.634. The average molecular weight is 348 g/mol.